The molecule has 4 rings (SSSR count). The molecule has 0 radical (unpaired) electrons. The molecule has 2 aromatic heterocycles. The molecule has 3 heterocycles. The Kier molecular flexibility index (Phi) is 5.70. The fourth-order valence-corrected chi connectivity index (χ4v) is 3.74. The third-order valence-electron chi connectivity index (χ3n) is 5.42. The minimum absolute atomic E-state index is 0.254. The fraction of sp³-hybridized carbons (Fsp3) is 0.381. The molecule has 1 amide bonds. The first kappa shape index (κ1) is 20.6. The molecule has 162 valence electrons. The Bertz CT molecular complexity index is 1170. The molecule has 10 heteroatoms. The van der Waals surface area contributed by atoms with Gasteiger partial charge in [-0.1, -0.05) is 0 Å². The molecule has 0 spiro atoms. The highest BCUT2D eigenvalue weighted by Crippen LogP contribution is 2.22. The van der Waals surface area contributed by atoms with E-state index in [1.54, 1.807) is 30.5 Å². The van der Waals surface area contributed by atoms with E-state index in [0.29, 0.717) is 17.3 Å². The summed E-state index contributed by atoms with van der Waals surface area (Å²) in [7, 11) is 1.30. The third kappa shape index (κ3) is 4.27. The van der Waals surface area contributed by atoms with Crippen molar-refractivity contribution in [3.8, 4) is 0 Å². The second-order valence-corrected chi connectivity index (χ2v) is 7.55. The number of hydrogen-bond donors (Lipinski definition) is 1. The molecule has 31 heavy (non-hydrogen) atoms. The average molecular weight is 424 g/mol. The third-order valence-corrected chi connectivity index (χ3v) is 5.42. The van der Waals surface area contributed by atoms with Crippen LogP contribution >= 0.6 is 0 Å². The van der Waals surface area contributed by atoms with Crippen molar-refractivity contribution in [3.63, 3.8) is 0 Å². The SMILES string of the molecule is COC(=O)c1ccc(NC(=O)Cn2nc3nc(N4CCCCC4C)ccn3c2=O)cc1. The van der Waals surface area contributed by atoms with Crippen molar-refractivity contribution >= 4 is 29.2 Å². The van der Waals surface area contributed by atoms with Gasteiger partial charge in [0.25, 0.3) is 5.78 Å². The van der Waals surface area contributed by atoms with Crippen molar-refractivity contribution in [1.82, 2.24) is 19.2 Å². The molecule has 0 aliphatic carbocycles. The van der Waals surface area contributed by atoms with Gasteiger partial charge in [-0.05, 0) is 56.5 Å². The zero-order valence-corrected chi connectivity index (χ0v) is 17.4. The lowest BCUT2D eigenvalue weighted by Gasteiger charge is -2.34. The highest BCUT2D eigenvalue weighted by Gasteiger charge is 2.21. The minimum Gasteiger partial charge on any atom is -0.465 e. The first-order chi connectivity index (χ1) is 15.0. The number of nitrogens with zero attached hydrogens (tertiary/aromatic N) is 5. The summed E-state index contributed by atoms with van der Waals surface area (Å²) in [4.78, 5) is 43.2. The van der Waals surface area contributed by atoms with E-state index in [-0.39, 0.29) is 12.3 Å². The van der Waals surface area contributed by atoms with E-state index < -0.39 is 17.6 Å². The van der Waals surface area contributed by atoms with Crippen molar-refractivity contribution in [1.29, 1.82) is 0 Å². The number of anilines is 2. The molecule has 3 aromatic rings. The number of hydrogen-bond acceptors (Lipinski definition) is 7. The maximum Gasteiger partial charge on any atom is 0.352 e. The number of aromatic nitrogens is 4. The molecule has 1 aliphatic rings. The highest BCUT2D eigenvalue weighted by atomic mass is 16.5. The van der Waals surface area contributed by atoms with Gasteiger partial charge in [0.1, 0.15) is 12.4 Å². The topological polar surface area (TPSA) is 111 Å². The van der Waals surface area contributed by atoms with Crippen LogP contribution in [0.3, 0.4) is 0 Å². The number of amides is 1. The molecule has 1 N–H and O–H groups in total. The second kappa shape index (κ2) is 8.58. The van der Waals surface area contributed by atoms with Crippen LogP contribution in [-0.4, -0.2) is 50.7 Å². The summed E-state index contributed by atoms with van der Waals surface area (Å²) in [5.41, 5.74) is 0.438. The Morgan fingerprint density at radius 3 is 2.68 bits per heavy atom. The van der Waals surface area contributed by atoms with Gasteiger partial charge < -0.3 is 15.0 Å². The summed E-state index contributed by atoms with van der Waals surface area (Å²) in [6.07, 6.45) is 5.07. The Morgan fingerprint density at radius 1 is 1.19 bits per heavy atom. The number of rotatable bonds is 5. The van der Waals surface area contributed by atoms with E-state index >= 15 is 0 Å². The van der Waals surface area contributed by atoms with E-state index in [0.717, 1.165) is 29.9 Å². The number of fused-ring (bicyclic) bond motifs is 1. The lowest BCUT2D eigenvalue weighted by atomic mass is 10.0. The number of carbonyl (C=O) groups excluding carboxylic acids is 2. The van der Waals surface area contributed by atoms with Crippen LogP contribution in [0.4, 0.5) is 11.5 Å². The number of nitrogens with one attached hydrogen (secondary N) is 1. The molecule has 0 bridgehead atoms. The van der Waals surface area contributed by atoms with Gasteiger partial charge in [0, 0.05) is 24.5 Å². The summed E-state index contributed by atoms with van der Waals surface area (Å²) in [5.74, 6) is 0.170. The van der Waals surface area contributed by atoms with Crippen LogP contribution in [0.15, 0.2) is 41.3 Å². The largest absolute Gasteiger partial charge is 0.465 e. The molecular formula is C21H24N6O4. The molecule has 1 saturated heterocycles. The Balaban J connectivity index is 1.49. The van der Waals surface area contributed by atoms with Gasteiger partial charge in [0.2, 0.25) is 5.91 Å². The summed E-state index contributed by atoms with van der Waals surface area (Å²) in [6, 6.07) is 8.46. The quantitative estimate of drug-likeness (QED) is 0.621. The van der Waals surface area contributed by atoms with Crippen molar-refractivity contribution in [2.75, 3.05) is 23.9 Å². The summed E-state index contributed by atoms with van der Waals surface area (Å²) < 4.78 is 7.06. The molecule has 1 aromatic carbocycles. The number of benzene rings is 1. The molecule has 10 nitrogen and oxygen atoms in total. The number of ether oxygens (including phenoxy) is 1. The number of esters is 1. The monoisotopic (exact) mass is 424 g/mol. The van der Waals surface area contributed by atoms with Crippen LogP contribution in [-0.2, 0) is 16.1 Å². The first-order valence-electron chi connectivity index (χ1n) is 10.2. The fourth-order valence-electron chi connectivity index (χ4n) is 3.74. The number of methoxy groups -OCH3 is 1. The van der Waals surface area contributed by atoms with Gasteiger partial charge >= 0.3 is 11.7 Å². The molecular weight excluding hydrogens is 400 g/mol. The van der Waals surface area contributed by atoms with E-state index in [2.05, 4.69) is 32.0 Å². The van der Waals surface area contributed by atoms with Gasteiger partial charge in [-0.15, -0.1) is 5.10 Å². The van der Waals surface area contributed by atoms with Crippen LogP contribution < -0.4 is 15.9 Å². The first-order valence-corrected chi connectivity index (χ1v) is 10.2. The van der Waals surface area contributed by atoms with Crippen molar-refractivity contribution in [2.45, 2.75) is 38.8 Å². The standard InChI is InChI=1S/C21H24N6O4/c1-14-5-3-4-11-25(14)17-10-12-26-20(23-17)24-27(21(26)30)13-18(28)22-16-8-6-15(7-9-16)19(29)31-2/h6-10,12,14H,3-5,11,13H2,1-2H3,(H,22,28). The predicted molar refractivity (Wildman–Crippen MR) is 114 cm³/mol. The van der Waals surface area contributed by atoms with Crippen molar-refractivity contribution in [2.24, 2.45) is 0 Å². The van der Waals surface area contributed by atoms with Crippen LogP contribution in [0, 0.1) is 0 Å². The Morgan fingerprint density at radius 2 is 1.97 bits per heavy atom. The summed E-state index contributed by atoms with van der Waals surface area (Å²) in [6.45, 7) is 2.83. The van der Waals surface area contributed by atoms with E-state index in [1.807, 2.05) is 6.07 Å². The van der Waals surface area contributed by atoms with Crippen molar-refractivity contribution < 1.29 is 14.3 Å². The zero-order valence-electron chi connectivity index (χ0n) is 17.4. The van der Waals surface area contributed by atoms with Gasteiger partial charge in [0.15, 0.2) is 0 Å². The smallest absolute Gasteiger partial charge is 0.352 e. The summed E-state index contributed by atoms with van der Waals surface area (Å²) in [5, 5.41) is 6.92. The predicted octanol–water partition coefficient (Wildman–Crippen LogP) is 1.70. The molecule has 1 atom stereocenters. The van der Waals surface area contributed by atoms with Gasteiger partial charge in [0.05, 0.1) is 12.7 Å². The lowest BCUT2D eigenvalue weighted by molar-refractivity contribution is -0.117. The Labute approximate surface area is 178 Å². The van der Waals surface area contributed by atoms with Crippen LogP contribution in [0.2, 0.25) is 0 Å². The van der Waals surface area contributed by atoms with E-state index in [4.69, 9.17) is 0 Å². The zero-order chi connectivity index (χ0) is 22.0. The van der Waals surface area contributed by atoms with E-state index in [9.17, 15) is 14.4 Å². The molecule has 1 aliphatic heterocycles. The maximum atomic E-state index is 12.6. The maximum absolute atomic E-state index is 12.6. The van der Waals surface area contributed by atoms with Gasteiger partial charge in [-0.3, -0.25) is 4.79 Å². The van der Waals surface area contributed by atoms with Crippen LogP contribution in [0.1, 0.15) is 36.5 Å². The van der Waals surface area contributed by atoms with Crippen molar-refractivity contribution in [3.05, 3.63) is 52.6 Å². The molecule has 0 saturated carbocycles. The highest BCUT2D eigenvalue weighted by molar-refractivity contribution is 5.92. The van der Waals surface area contributed by atoms with Crippen LogP contribution in [0.5, 0.6) is 0 Å². The lowest BCUT2D eigenvalue weighted by Crippen LogP contribution is -2.38. The normalized spacial score (nSPS) is 16.3. The number of piperidine rings is 1. The molecule has 1 fully saturated rings. The minimum atomic E-state index is -0.458. The average Bonchev–Trinajstić information content (AvgIpc) is 3.08. The summed E-state index contributed by atoms with van der Waals surface area (Å²) >= 11 is 0. The number of carbonyl (C=O) groups is 2. The van der Waals surface area contributed by atoms with E-state index in [1.165, 1.54) is 17.9 Å². The van der Waals surface area contributed by atoms with Crippen LogP contribution in [0.25, 0.3) is 5.78 Å². The Hall–Kier alpha value is -3.69. The van der Waals surface area contributed by atoms with Gasteiger partial charge in [-0.2, -0.15) is 4.98 Å². The van der Waals surface area contributed by atoms with Gasteiger partial charge in [-0.25, -0.2) is 18.7 Å². The second-order valence-electron chi connectivity index (χ2n) is 7.55. The molecule has 1 unspecified atom stereocenters.